The van der Waals surface area contributed by atoms with Crippen molar-refractivity contribution in [3.63, 3.8) is 0 Å². The number of thioether (sulfide) groups is 1. The summed E-state index contributed by atoms with van der Waals surface area (Å²) in [7, 11) is 0. The highest BCUT2D eigenvalue weighted by atomic mass is 32.2. The zero-order chi connectivity index (χ0) is 12.1. The Kier molecular flexibility index (Phi) is 4.75. The Morgan fingerprint density at radius 3 is 2.82 bits per heavy atom. The van der Waals surface area contributed by atoms with Gasteiger partial charge >= 0.3 is 0 Å². The second kappa shape index (κ2) is 6.31. The maximum Gasteiger partial charge on any atom is 0.0881 e. The smallest absolute Gasteiger partial charge is 0.0881 e. The van der Waals surface area contributed by atoms with Gasteiger partial charge < -0.3 is 10.8 Å². The van der Waals surface area contributed by atoms with Crippen LogP contribution in [0.2, 0.25) is 0 Å². The first kappa shape index (κ1) is 12.8. The van der Waals surface area contributed by atoms with Crippen LogP contribution in [0, 0.1) is 5.92 Å². The largest absolute Gasteiger partial charge is 0.399 e. The third kappa shape index (κ3) is 3.93. The molecule has 2 rings (SSSR count). The maximum absolute atomic E-state index is 10.0. The summed E-state index contributed by atoms with van der Waals surface area (Å²) in [5, 5.41) is 10.0. The molecule has 3 heteroatoms. The Morgan fingerprint density at radius 1 is 1.35 bits per heavy atom. The van der Waals surface area contributed by atoms with Gasteiger partial charge in [-0.05, 0) is 42.2 Å². The lowest BCUT2D eigenvalue weighted by Gasteiger charge is -2.13. The lowest BCUT2D eigenvalue weighted by Crippen LogP contribution is -2.04. The van der Waals surface area contributed by atoms with Gasteiger partial charge in [0.25, 0.3) is 0 Å². The number of nitrogen functional groups attached to an aromatic ring is 1. The number of benzene rings is 1. The van der Waals surface area contributed by atoms with Gasteiger partial charge in [0.05, 0.1) is 6.10 Å². The molecule has 0 aromatic heterocycles. The number of aliphatic hydroxyl groups is 1. The molecule has 0 bridgehead atoms. The fraction of sp³-hybridized carbons (Fsp3) is 0.571. The van der Waals surface area contributed by atoms with Crippen LogP contribution in [-0.4, -0.2) is 16.6 Å². The molecule has 0 spiro atoms. The Hall–Kier alpha value is -0.670. The highest BCUT2D eigenvalue weighted by molar-refractivity contribution is 7.99. The van der Waals surface area contributed by atoms with Gasteiger partial charge in [-0.3, -0.25) is 0 Å². The molecule has 1 aromatic carbocycles. The quantitative estimate of drug-likeness (QED) is 0.790. The van der Waals surface area contributed by atoms with Crippen LogP contribution in [0.4, 0.5) is 5.69 Å². The summed E-state index contributed by atoms with van der Waals surface area (Å²) in [6.07, 6.45) is 5.15. The number of nitrogens with two attached hydrogens (primary N) is 1. The van der Waals surface area contributed by atoms with Gasteiger partial charge in [0.15, 0.2) is 0 Å². The lowest BCUT2D eigenvalue weighted by molar-refractivity contribution is 0.204. The summed E-state index contributed by atoms with van der Waals surface area (Å²) in [5.74, 6) is 2.85. The van der Waals surface area contributed by atoms with Crippen LogP contribution in [0.15, 0.2) is 24.3 Å². The maximum atomic E-state index is 10.0. The van der Waals surface area contributed by atoms with Gasteiger partial charge in [-0.2, -0.15) is 11.8 Å². The fourth-order valence-electron chi connectivity index (χ4n) is 2.39. The number of anilines is 1. The van der Waals surface area contributed by atoms with E-state index in [1.807, 2.05) is 36.0 Å². The molecule has 2 nitrogen and oxygen atoms in total. The van der Waals surface area contributed by atoms with Gasteiger partial charge in [0, 0.05) is 11.4 Å². The summed E-state index contributed by atoms with van der Waals surface area (Å²) in [6.45, 7) is 0. The Balaban J connectivity index is 1.74. The van der Waals surface area contributed by atoms with Crippen molar-refractivity contribution in [2.24, 2.45) is 5.92 Å². The van der Waals surface area contributed by atoms with Crippen LogP contribution >= 0.6 is 11.8 Å². The van der Waals surface area contributed by atoms with Gasteiger partial charge in [-0.25, -0.2) is 0 Å². The van der Waals surface area contributed by atoms with Crippen LogP contribution in [0.5, 0.6) is 0 Å². The van der Waals surface area contributed by atoms with E-state index in [4.69, 9.17) is 5.73 Å². The molecule has 1 fully saturated rings. The Morgan fingerprint density at radius 2 is 2.12 bits per heavy atom. The minimum Gasteiger partial charge on any atom is -0.399 e. The Bertz CT molecular complexity index is 350. The second-order valence-electron chi connectivity index (χ2n) is 4.87. The predicted molar refractivity (Wildman–Crippen MR) is 75.1 cm³/mol. The second-order valence-corrected chi connectivity index (χ2v) is 5.95. The first-order valence-electron chi connectivity index (χ1n) is 6.37. The van der Waals surface area contributed by atoms with Crippen molar-refractivity contribution in [3.8, 4) is 0 Å². The molecule has 0 saturated heterocycles. The SMILES string of the molecule is Nc1cccc(C(O)CSCC2CCCC2)c1. The van der Waals surface area contributed by atoms with E-state index < -0.39 is 0 Å². The monoisotopic (exact) mass is 251 g/mol. The van der Waals surface area contributed by atoms with E-state index in [9.17, 15) is 5.11 Å². The molecule has 1 saturated carbocycles. The first-order valence-corrected chi connectivity index (χ1v) is 7.52. The topological polar surface area (TPSA) is 46.2 Å². The van der Waals surface area contributed by atoms with Crippen molar-refractivity contribution in [2.75, 3.05) is 17.2 Å². The minimum absolute atomic E-state index is 0.384. The molecular formula is C14H21NOS. The molecule has 1 aliphatic rings. The zero-order valence-electron chi connectivity index (χ0n) is 10.1. The van der Waals surface area contributed by atoms with E-state index in [1.165, 1.54) is 31.4 Å². The highest BCUT2D eigenvalue weighted by Gasteiger charge is 2.15. The van der Waals surface area contributed by atoms with Gasteiger partial charge in [0.1, 0.15) is 0 Å². The molecule has 0 heterocycles. The molecule has 1 aromatic rings. The molecule has 0 amide bonds. The summed E-state index contributed by atoms with van der Waals surface area (Å²) in [6, 6.07) is 7.55. The van der Waals surface area contributed by atoms with Crippen LogP contribution in [0.1, 0.15) is 37.4 Å². The molecule has 94 valence electrons. The van der Waals surface area contributed by atoms with Crippen LogP contribution in [-0.2, 0) is 0 Å². The van der Waals surface area contributed by atoms with Crippen LogP contribution < -0.4 is 5.73 Å². The summed E-state index contributed by atoms with van der Waals surface area (Å²) < 4.78 is 0. The summed E-state index contributed by atoms with van der Waals surface area (Å²) in [4.78, 5) is 0. The molecule has 3 N–H and O–H groups in total. The van der Waals surface area contributed by atoms with E-state index in [2.05, 4.69) is 0 Å². The van der Waals surface area contributed by atoms with Crippen LogP contribution in [0.25, 0.3) is 0 Å². The van der Waals surface area contributed by atoms with E-state index in [0.29, 0.717) is 0 Å². The number of hydrogen-bond acceptors (Lipinski definition) is 3. The van der Waals surface area contributed by atoms with Crippen LogP contribution in [0.3, 0.4) is 0 Å². The molecule has 1 atom stereocenters. The predicted octanol–water partition coefficient (Wildman–Crippen LogP) is 3.23. The highest BCUT2D eigenvalue weighted by Crippen LogP contribution is 2.29. The average molecular weight is 251 g/mol. The molecule has 0 radical (unpaired) electrons. The van der Waals surface area contributed by atoms with Crippen molar-refractivity contribution in [2.45, 2.75) is 31.8 Å². The van der Waals surface area contributed by atoms with E-state index >= 15 is 0 Å². The van der Waals surface area contributed by atoms with Crippen molar-refractivity contribution in [3.05, 3.63) is 29.8 Å². The Labute approximate surface area is 108 Å². The molecular weight excluding hydrogens is 230 g/mol. The van der Waals surface area contributed by atoms with Crippen molar-refractivity contribution in [1.82, 2.24) is 0 Å². The average Bonchev–Trinajstić information content (AvgIpc) is 2.82. The van der Waals surface area contributed by atoms with E-state index in [-0.39, 0.29) is 6.10 Å². The number of aliphatic hydroxyl groups excluding tert-OH is 1. The molecule has 17 heavy (non-hydrogen) atoms. The number of hydrogen-bond donors (Lipinski definition) is 2. The van der Waals surface area contributed by atoms with Gasteiger partial charge in [-0.15, -0.1) is 0 Å². The molecule has 0 aliphatic heterocycles. The number of rotatable bonds is 5. The van der Waals surface area contributed by atoms with Crippen molar-refractivity contribution < 1.29 is 5.11 Å². The molecule has 1 unspecified atom stereocenters. The fourth-order valence-corrected chi connectivity index (χ4v) is 3.60. The van der Waals surface area contributed by atoms with Gasteiger partial charge in [-0.1, -0.05) is 25.0 Å². The van der Waals surface area contributed by atoms with Crippen molar-refractivity contribution >= 4 is 17.4 Å². The third-order valence-electron chi connectivity index (χ3n) is 3.40. The third-order valence-corrected chi connectivity index (χ3v) is 4.66. The standard InChI is InChI=1S/C14H21NOS/c15-13-7-3-6-12(8-13)14(16)10-17-9-11-4-1-2-5-11/h3,6-8,11,14,16H,1-2,4-5,9-10,15H2. The summed E-state index contributed by atoms with van der Waals surface area (Å²) >= 11 is 1.87. The van der Waals surface area contributed by atoms with E-state index in [1.54, 1.807) is 0 Å². The normalized spacial score (nSPS) is 18.4. The zero-order valence-corrected chi connectivity index (χ0v) is 11.0. The minimum atomic E-state index is -0.384. The lowest BCUT2D eigenvalue weighted by atomic mass is 10.1. The first-order chi connectivity index (χ1) is 8.25. The van der Waals surface area contributed by atoms with E-state index in [0.717, 1.165) is 22.9 Å². The molecule has 1 aliphatic carbocycles. The summed E-state index contributed by atoms with van der Waals surface area (Å²) in [5.41, 5.74) is 7.37. The van der Waals surface area contributed by atoms with Crippen molar-refractivity contribution in [1.29, 1.82) is 0 Å². The van der Waals surface area contributed by atoms with Gasteiger partial charge in [0.2, 0.25) is 0 Å².